The molecule has 3 heterocycles. The average Bonchev–Trinajstić information content (AvgIpc) is 3.14. The fourth-order valence-corrected chi connectivity index (χ4v) is 4.31. The van der Waals surface area contributed by atoms with Gasteiger partial charge in [-0.15, -0.1) is 0 Å². The van der Waals surface area contributed by atoms with E-state index in [9.17, 15) is 4.79 Å². The Balaban J connectivity index is 2.05. The van der Waals surface area contributed by atoms with Crippen molar-refractivity contribution in [2.45, 2.75) is 70.8 Å². The van der Waals surface area contributed by atoms with Crippen LogP contribution in [0.25, 0.3) is 11.0 Å². The molecule has 3 rings (SSSR count). The number of amides is 1. The van der Waals surface area contributed by atoms with Gasteiger partial charge in [-0.2, -0.15) is 5.10 Å². The van der Waals surface area contributed by atoms with Crippen LogP contribution in [0.15, 0.2) is 19.0 Å². The molecule has 0 radical (unpaired) electrons. The molecular weight excluding hydrogens is 364 g/mol. The highest BCUT2D eigenvalue weighted by Crippen LogP contribution is 2.37. The summed E-state index contributed by atoms with van der Waals surface area (Å²) in [5.74, 6) is 0.798. The molecule has 1 N–H and O–H groups in total. The maximum Gasteiger partial charge on any atom is 0.246 e. The number of hydrogen-bond acceptors (Lipinski definition) is 5. The zero-order valence-electron chi connectivity index (χ0n) is 18.2. The lowest BCUT2D eigenvalue weighted by molar-refractivity contribution is -0.127. The zero-order valence-corrected chi connectivity index (χ0v) is 18.2. The van der Waals surface area contributed by atoms with E-state index in [4.69, 9.17) is 5.10 Å². The predicted octanol–water partition coefficient (Wildman–Crippen LogP) is 4.08. The van der Waals surface area contributed by atoms with Crippen LogP contribution in [0.4, 0.5) is 5.82 Å². The van der Waals surface area contributed by atoms with Gasteiger partial charge in [-0.05, 0) is 25.3 Å². The van der Waals surface area contributed by atoms with Gasteiger partial charge in [0, 0.05) is 25.6 Å². The van der Waals surface area contributed by atoms with Crippen LogP contribution in [0.2, 0.25) is 0 Å². The Labute approximate surface area is 173 Å². The number of aromatic nitrogens is 4. The van der Waals surface area contributed by atoms with Gasteiger partial charge < -0.3 is 10.2 Å². The molecule has 2 aromatic rings. The minimum Gasteiger partial charge on any atom is -0.372 e. The third-order valence-electron chi connectivity index (χ3n) is 6.00. The highest BCUT2D eigenvalue weighted by Gasteiger charge is 2.32. The number of hydrogen-bond donors (Lipinski definition) is 1. The summed E-state index contributed by atoms with van der Waals surface area (Å²) in [4.78, 5) is 23.1. The summed E-state index contributed by atoms with van der Waals surface area (Å²) in [5, 5.41) is 9.33. The van der Waals surface area contributed by atoms with Crippen molar-refractivity contribution in [3.63, 3.8) is 0 Å². The Kier molecular flexibility index (Phi) is 6.55. The van der Waals surface area contributed by atoms with Crippen LogP contribution in [0.5, 0.6) is 0 Å². The number of likely N-dealkylation sites (tertiary alicyclic amines) is 1. The number of carbonyl (C=O) groups is 1. The largest absolute Gasteiger partial charge is 0.372 e. The monoisotopic (exact) mass is 398 g/mol. The second-order valence-corrected chi connectivity index (χ2v) is 8.59. The van der Waals surface area contributed by atoms with Gasteiger partial charge in [0.15, 0.2) is 5.65 Å². The van der Waals surface area contributed by atoms with Crippen LogP contribution in [-0.2, 0) is 10.2 Å². The van der Waals surface area contributed by atoms with E-state index >= 15 is 0 Å². The van der Waals surface area contributed by atoms with E-state index in [1.807, 2.05) is 16.6 Å². The summed E-state index contributed by atoms with van der Waals surface area (Å²) in [6, 6.07) is 0.106. The van der Waals surface area contributed by atoms with Gasteiger partial charge in [0.05, 0.1) is 17.1 Å². The van der Waals surface area contributed by atoms with Crippen molar-refractivity contribution in [3.8, 4) is 0 Å². The molecule has 1 atom stereocenters. The summed E-state index contributed by atoms with van der Waals surface area (Å²) in [7, 11) is 1.89. The second kappa shape index (κ2) is 8.93. The van der Waals surface area contributed by atoms with Gasteiger partial charge in [-0.25, -0.2) is 14.6 Å². The first-order valence-corrected chi connectivity index (χ1v) is 10.8. The average molecular weight is 399 g/mol. The van der Waals surface area contributed by atoms with Gasteiger partial charge in [-0.3, -0.25) is 4.79 Å². The Morgan fingerprint density at radius 2 is 2.17 bits per heavy atom. The number of anilines is 1. The number of nitrogens with one attached hydrogen (secondary N) is 1. The summed E-state index contributed by atoms with van der Waals surface area (Å²) in [5.41, 5.74) is 1.81. The van der Waals surface area contributed by atoms with Crippen LogP contribution >= 0.6 is 0 Å². The minimum atomic E-state index is -0.0831. The van der Waals surface area contributed by atoms with E-state index in [0.717, 1.165) is 48.4 Å². The highest BCUT2D eigenvalue weighted by molar-refractivity contribution is 5.90. The lowest BCUT2D eigenvalue weighted by atomic mass is 9.82. The first kappa shape index (κ1) is 21.3. The van der Waals surface area contributed by atoms with Crippen LogP contribution < -0.4 is 5.32 Å². The van der Waals surface area contributed by atoms with Crippen LogP contribution in [0, 0.1) is 0 Å². The molecule has 0 saturated carbocycles. The number of fused-ring (bicyclic) bond motifs is 1. The summed E-state index contributed by atoms with van der Waals surface area (Å²) < 4.78 is 2.04. The molecule has 1 amide bonds. The predicted molar refractivity (Wildman–Crippen MR) is 117 cm³/mol. The SMILES string of the molecule is C=CC(=O)N1CCC[C@@H](n2nc(C(C)(C)CCCCC)c3c(NC)ncnc32)C1. The van der Waals surface area contributed by atoms with Gasteiger partial charge in [0.2, 0.25) is 5.91 Å². The van der Waals surface area contributed by atoms with Crippen molar-refractivity contribution in [1.82, 2.24) is 24.6 Å². The number of unbranched alkanes of at least 4 members (excludes halogenated alkanes) is 2. The van der Waals surface area contributed by atoms with E-state index in [1.54, 1.807) is 6.33 Å². The van der Waals surface area contributed by atoms with E-state index in [0.29, 0.717) is 6.54 Å². The third kappa shape index (κ3) is 4.28. The van der Waals surface area contributed by atoms with Crippen LogP contribution in [0.3, 0.4) is 0 Å². The highest BCUT2D eigenvalue weighted by atomic mass is 16.2. The minimum absolute atomic E-state index is 0.0168. The first-order valence-electron chi connectivity index (χ1n) is 10.8. The Morgan fingerprint density at radius 1 is 1.38 bits per heavy atom. The molecule has 1 aliphatic rings. The summed E-state index contributed by atoms with van der Waals surface area (Å²) >= 11 is 0. The van der Waals surface area contributed by atoms with E-state index < -0.39 is 0 Å². The lowest BCUT2D eigenvalue weighted by Crippen LogP contribution is -2.40. The van der Waals surface area contributed by atoms with Crippen molar-refractivity contribution in [2.75, 3.05) is 25.5 Å². The summed E-state index contributed by atoms with van der Waals surface area (Å²) in [6.07, 6.45) is 9.58. The zero-order chi connectivity index (χ0) is 21.0. The normalized spacial score (nSPS) is 17.5. The summed E-state index contributed by atoms with van der Waals surface area (Å²) in [6.45, 7) is 11.8. The van der Waals surface area contributed by atoms with Gasteiger partial charge in [-0.1, -0.05) is 46.6 Å². The van der Waals surface area contributed by atoms with Crippen molar-refractivity contribution >= 4 is 22.8 Å². The van der Waals surface area contributed by atoms with Crippen molar-refractivity contribution in [1.29, 1.82) is 0 Å². The molecule has 158 valence electrons. The topological polar surface area (TPSA) is 75.9 Å². The number of piperidine rings is 1. The molecule has 0 aromatic carbocycles. The number of nitrogens with zero attached hydrogens (tertiary/aromatic N) is 5. The fourth-order valence-electron chi connectivity index (χ4n) is 4.31. The number of rotatable bonds is 8. The van der Waals surface area contributed by atoms with Crippen LogP contribution in [0.1, 0.15) is 71.0 Å². The maximum absolute atomic E-state index is 12.2. The molecule has 7 heteroatoms. The molecule has 1 aliphatic heterocycles. The molecule has 2 aromatic heterocycles. The van der Waals surface area contributed by atoms with Crippen LogP contribution in [-0.4, -0.2) is 50.7 Å². The third-order valence-corrected chi connectivity index (χ3v) is 6.00. The standard InChI is InChI=1S/C22H34N6O/c1-6-8-9-12-22(3,4)19-18-20(23-5)24-15-25-21(18)28(26-19)16-11-10-13-27(14-16)17(29)7-2/h7,15-16H,2,6,8-14H2,1,3-5H3,(H,23,24,25)/t16-/m1/s1. The maximum atomic E-state index is 12.2. The first-order chi connectivity index (χ1) is 13.9. The fraction of sp³-hybridized carbons (Fsp3) is 0.636. The molecule has 1 fully saturated rings. The van der Waals surface area contributed by atoms with Crippen molar-refractivity contribution in [3.05, 3.63) is 24.7 Å². The molecule has 0 spiro atoms. The second-order valence-electron chi connectivity index (χ2n) is 8.59. The van der Waals surface area contributed by atoms with E-state index in [2.05, 4.69) is 42.6 Å². The molecule has 0 unspecified atom stereocenters. The Hall–Kier alpha value is -2.44. The molecule has 7 nitrogen and oxygen atoms in total. The van der Waals surface area contributed by atoms with Crippen molar-refractivity contribution < 1.29 is 4.79 Å². The van der Waals surface area contributed by atoms with Gasteiger partial charge >= 0.3 is 0 Å². The molecule has 0 bridgehead atoms. The molecule has 0 aliphatic carbocycles. The molecule has 29 heavy (non-hydrogen) atoms. The van der Waals surface area contributed by atoms with E-state index in [-0.39, 0.29) is 17.4 Å². The quantitative estimate of drug-likeness (QED) is 0.536. The molecule has 1 saturated heterocycles. The van der Waals surface area contributed by atoms with Gasteiger partial charge in [0.1, 0.15) is 12.1 Å². The lowest BCUT2D eigenvalue weighted by Gasteiger charge is -2.32. The van der Waals surface area contributed by atoms with E-state index in [1.165, 1.54) is 25.3 Å². The van der Waals surface area contributed by atoms with Crippen molar-refractivity contribution in [2.24, 2.45) is 0 Å². The molecular formula is C22H34N6O. The smallest absolute Gasteiger partial charge is 0.246 e. The number of carbonyl (C=O) groups excluding carboxylic acids is 1. The Morgan fingerprint density at radius 3 is 2.86 bits per heavy atom. The van der Waals surface area contributed by atoms with Gasteiger partial charge in [0.25, 0.3) is 0 Å². The Bertz CT molecular complexity index is 872.